The van der Waals surface area contributed by atoms with Gasteiger partial charge in [-0.3, -0.25) is 4.90 Å². The lowest BCUT2D eigenvalue weighted by atomic mass is 9.88. The van der Waals surface area contributed by atoms with Crippen molar-refractivity contribution in [2.75, 3.05) is 20.2 Å². The summed E-state index contributed by atoms with van der Waals surface area (Å²) in [6.45, 7) is 8.94. The summed E-state index contributed by atoms with van der Waals surface area (Å²) < 4.78 is 11.3. The van der Waals surface area contributed by atoms with Crippen LogP contribution in [0.1, 0.15) is 49.6 Å². The second kappa shape index (κ2) is 7.23. The van der Waals surface area contributed by atoms with Crippen molar-refractivity contribution in [2.24, 2.45) is 5.92 Å². The van der Waals surface area contributed by atoms with Gasteiger partial charge in [-0.15, -0.1) is 0 Å². The van der Waals surface area contributed by atoms with E-state index in [9.17, 15) is 0 Å². The molecule has 0 radical (unpaired) electrons. The molecule has 0 unspecified atom stereocenters. The minimum absolute atomic E-state index is 0.469. The highest BCUT2D eigenvalue weighted by atomic mass is 16.5. The molecule has 0 bridgehead atoms. The van der Waals surface area contributed by atoms with Crippen LogP contribution in [0.5, 0.6) is 0 Å². The third-order valence-corrected chi connectivity index (χ3v) is 4.45. The maximum absolute atomic E-state index is 6.06. The minimum atomic E-state index is 0.469. The predicted octanol–water partition coefficient (Wildman–Crippen LogP) is 3.32. The normalized spacial score (nSPS) is 23.4. The van der Waals surface area contributed by atoms with Gasteiger partial charge >= 0.3 is 0 Å². The molecule has 0 saturated heterocycles. The van der Waals surface area contributed by atoms with Crippen molar-refractivity contribution in [1.29, 1.82) is 0 Å². The molecule has 0 amide bonds. The third-order valence-electron chi connectivity index (χ3n) is 4.45. The van der Waals surface area contributed by atoms with Gasteiger partial charge in [0.05, 0.1) is 18.4 Å². The number of ether oxygens (including phenoxy) is 1. The molecule has 4 heteroatoms. The summed E-state index contributed by atoms with van der Waals surface area (Å²) in [4.78, 5) is 2.28. The smallest absolute Gasteiger partial charge is 0.138 e. The van der Waals surface area contributed by atoms with E-state index in [1.54, 1.807) is 0 Å². The molecule has 4 nitrogen and oxygen atoms in total. The molecule has 1 aromatic rings. The highest BCUT2D eigenvalue weighted by Gasteiger charge is 2.21. The summed E-state index contributed by atoms with van der Waals surface area (Å²) in [7, 11) is 2.12. The van der Waals surface area contributed by atoms with Crippen LogP contribution in [-0.4, -0.2) is 36.4 Å². The molecule has 1 saturated carbocycles. The average Bonchev–Trinajstić information content (AvgIpc) is 2.73. The minimum Gasteiger partial charge on any atom is -0.377 e. The van der Waals surface area contributed by atoms with Crippen molar-refractivity contribution in [1.82, 2.24) is 10.1 Å². The lowest BCUT2D eigenvalue weighted by Crippen LogP contribution is -2.30. The van der Waals surface area contributed by atoms with Gasteiger partial charge in [-0.25, -0.2) is 0 Å². The Morgan fingerprint density at radius 3 is 2.70 bits per heavy atom. The van der Waals surface area contributed by atoms with Crippen LogP contribution < -0.4 is 0 Å². The molecule has 0 aliphatic heterocycles. The molecule has 1 fully saturated rings. The molecule has 2 atom stereocenters. The van der Waals surface area contributed by atoms with Gasteiger partial charge in [0.2, 0.25) is 0 Å². The van der Waals surface area contributed by atoms with E-state index >= 15 is 0 Å². The quantitative estimate of drug-likeness (QED) is 0.801. The maximum atomic E-state index is 6.06. The molecule has 2 rings (SSSR count). The lowest BCUT2D eigenvalue weighted by Gasteiger charge is -2.29. The van der Waals surface area contributed by atoms with Gasteiger partial charge in [0.1, 0.15) is 5.76 Å². The molecule has 0 spiro atoms. The Balaban J connectivity index is 1.71. The predicted molar refractivity (Wildman–Crippen MR) is 79.7 cm³/mol. The maximum Gasteiger partial charge on any atom is 0.138 e. The van der Waals surface area contributed by atoms with E-state index in [-0.39, 0.29) is 0 Å². The fourth-order valence-electron chi connectivity index (χ4n) is 2.97. The van der Waals surface area contributed by atoms with Crippen LogP contribution in [0.3, 0.4) is 0 Å². The van der Waals surface area contributed by atoms with E-state index in [0.29, 0.717) is 6.10 Å². The first-order valence-corrected chi connectivity index (χ1v) is 7.80. The van der Waals surface area contributed by atoms with Crippen molar-refractivity contribution in [2.45, 2.75) is 59.1 Å². The van der Waals surface area contributed by atoms with E-state index in [1.165, 1.54) is 31.2 Å². The van der Waals surface area contributed by atoms with E-state index in [4.69, 9.17) is 9.26 Å². The third kappa shape index (κ3) is 4.06. The highest BCUT2D eigenvalue weighted by Crippen LogP contribution is 2.26. The first-order valence-electron chi connectivity index (χ1n) is 7.80. The Bertz CT molecular complexity index is 397. The van der Waals surface area contributed by atoms with E-state index in [0.717, 1.165) is 37.1 Å². The second-order valence-electron chi connectivity index (χ2n) is 6.21. The molecule has 20 heavy (non-hydrogen) atoms. The molecular weight excluding hydrogens is 252 g/mol. The van der Waals surface area contributed by atoms with Crippen molar-refractivity contribution >= 4 is 0 Å². The monoisotopic (exact) mass is 280 g/mol. The first kappa shape index (κ1) is 15.5. The molecule has 114 valence electrons. The Hall–Kier alpha value is -0.870. The van der Waals surface area contributed by atoms with Gasteiger partial charge in [0, 0.05) is 18.7 Å². The molecular formula is C16H28N2O2. The van der Waals surface area contributed by atoms with Crippen LogP contribution in [0, 0.1) is 19.8 Å². The van der Waals surface area contributed by atoms with Crippen LogP contribution in [0.25, 0.3) is 0 Å². The number of aromatic nitrogens is 1. The zero-order valence-electron chi connectivity index (χ0n) is 13.3. The number of nitrogens with zero attached hydrogens (tertiary/aromatic N) is 2. The summed E-state index contributed by atoms with van der Waals surface area (Å²) >= 11 is 0. The summed E-state index contributed by atoms with van der Waals surface area (Å²) in [5.74, 6) is 1.65. The molecule has 1 aromatic heterocycles. The second-order valence-corrected chi connectivity index (χ2v) is 6.21. The molecule has 0 aromatic carbocycles. The molecule has 1 heterocycles. The standard InChI is InChI=1S/C16H28N2O2/c1-12-7-5-6-8-16(12)19-10-9-18(4)11-15-13(2)17-20-14(15)3/h12,16H,5-11H2,1-4H3/t12-,16-/m1/s1. The number of aryl methyl sites for hydroxylation is 2. The zero-order chi connectivity index (χ0) is 14.5. The van der Waals surface area contributed by atoms with Crippen LogP contribution in [0.4, 0.5) is 0 Å². The van der Waals surface area contributed by atoms with Gasteiger partial charge in [-0.1, -0.05) is 24.9 Å². The zero-order valence-corrected chi connectivity index (χ0v) is 13.3. The summed E-state index contributed by atoms with van der Waals surface area (Å²) in [6.07, 6.45) is 5.71. The molecule has 1 aliphatic carbocycles. The van der Waals surface area contributed by atoms with Crippen molar-refractivity contribution in [3.8, 4) is 0 Å². The Morgan fingerprint density at radius 1 is 1.30 bits per heavy atom. The average molecular weight is 280 g/mol. The largest absolute Gasteiger partial charge is 0.377 e. The van der Waals surface area contributed by atoms with Crippen molar-refractivity contribution in [3.05, 3.63) is 17.0 Å². The summed E-state index contributed by atoms with van der Waals surface area (Å²) in [6, 6.07) is 0. The topological polar surface area (TPSA) is 38.5 Å². The van der Waals surface area contributed by atoms with Crippen LogP contribution >= 0.6 is 0 Å². The number of hydrogen-bond acceptors (Lipinski definition) is 4. The van der Waals surface area contributed by atoms with Crippen LogP contribution in [0.15, 0.2) is 4.52 Å². The Morgan fingerprint density at radius 2 is 2.05 bits per heavy atom. The Labute approximate surface area is 122 Å². The van der Waals surface area contributed by atoms with Gasteiger partial charge in [0.25, 0.3) is 0 Å². The van der Waals surface area contributed by atoms with E-state index in [2.05, 4.69) is 24.0 Å². The molecule has 1 aliphatic rings. The van der Waals surface area contributed by atoms with Gasteiger partial charge in [-0.2, -0.15) is 0 Å². The van der Waals surface area contributed by atoms with Gasteiger partial charge < -0.3 is 9.26 Å². The number of rotatable bonds is 6. The molecule has 0 N–H and O–H groups in total. The van der Waals surface area contributed by atoms with Crippen LogP contribution in [0.2, 0.25) is 0 Å². The number of likely N-dealkylation sites (N-methyl/N-ethyl adjacent to an activating group) is 1. The van der Waals surface area contributed by atoms with Gasteiger partial charge in [0.15, 0.2) is 0 Å². The van der Waals surface area contributed by atoms with Crippen molar-refractivity contribution in [3.63, 3.8) is 0 Å². The highest BCUT2D eigenvalue weighted by molar-refractivity contribution is 5.20. The first-order chi connectivity index (χ1) is 9.58. The van der Waals surface area contributed by atoms with E-state index < -0.39 is 0 Å². The SMILES string of the molecule is Cc1noc(C)c1CN(C)CCO[C@@H]1CCCC[C@H]1C. The summed E-state index contributed by atoms with van der Waals surface area (Å²) in [5.41, 5.74) is 2.20. The van der Waals surface area contributed by atoms with Crippen LogP contribution in [-0.2, 0) is 11.3 Å². The van der Waals surface area contributed by atoms with E-state index in [1.807, 2.05) is 13.8 Å². The van der Waals surface area contributed by atoms with Gasteiger partial charge in [-0.05, 0) is 39.7 Å². The Kier molecular flexibility index (Phi) is 5.61. The fraction of sp³-hybridized carbons (Fsp3) is 0.812. The lowest BCUT2D eigenvalue weighted by molar-refractivity contribution is -0.0123. The summed E-state index contributed by atoms with van der Waals surface area (Å²) in [5, 5.41) is 4.00. The van der Waals surface area contributed by atoms with Crippen molar-refractivity contribution < 1.29 is 9.26 Å². The fourth-order valence-corrected chi connectivity index (χ4v) is 2.97. The number of hydrogen-bond donors (Lipinski definition) is 0.